The first-order valence-electron chi connectivity index (χ1n) is 7.22. The Hall–Kier alpha value is -3.48. The van der Waals surface area contributed by atoms with Gasteiger partial charge >= 0.3 is 5.97 Å². The molecule has 0 saturated heterocycles. The van der Waals surface area contributed by atoms with E-state index in [0.717, 1.165) is 0 Å². The molecule has 0 aliphatic carbocycles. The summed E-state index contributed by atoms with van der Waals surface area (Å²) in [7, 11) is 2.80. The molecule has 0 aliphatic rings. The Morgan fingerprint density at radius 2 is 1.68 bits per heavy atom. The molecule has 0 heterocycles. The topological polar surface area (TPSA) is 105 Å². The van der Waals surface area contributed by atoms with Crippen LogP contribution in [0.2, 0.25) is 0 Å². The first-order valence-corrected chi connectivity index (χ1v) is 7.22. The number of hydrogen-bond acceptors (Lipinski definition) is 5. The summed E-state index contributed by atoms with van der Waals surface area (Å²) in [5.41, 5.74) is 0.760. The maximum atomic E-state index is 12.0. The lowest BCUT2D eigenvalue weighted by Crippen LogP contribution is -2.11. The van der Waals surface area contributed by atoms with Gasteiger partial charge in [-0.05, 0) is 35.9 Å². The van der Waals surface area contributed by atoms with Crippen LogP contribution >= 0.6 is 0 Å². The zero-order valence-electron chi connectivity index (χ0n) is 13.6. The second-order valence-electron chi connectivity index (χ2n) is 4.95. The molecule has 2 aromatic rings. The van der Waals surface area contributed by atoms with E-state index in [-0.39, 0.29) is 28.5 Å². The number of hydrogen-bond donors (Lipinski definition) is 3. The molecule has 1 amide bonds. The maximum absolute atomic E-state index is 12.0. The third-order valence-corrected chi connectivity index (χ3v) is 3.34. The molecule has 2 rings (SSSR count). The third-order valence-electron chi connectivity index (χ3n) is 3.34. The molecule has 0 aliphatic heterocycles. The number of aromatic hydroxyl groups is 1. The number of carboxylic acid groups (broad SMARTS) is 1. The standard InChI is InChI=1S/C18H17NO6/c1-24-14-9-11(10-15(25-2)17(14)21)7-8-16(20)19-13-6-4-3-5-12(13)18(22)23/h3-10,21H,1-2H3,(H,19,20)(H,22,23)/b8-7+. The molecular formula is C18H17NO6. The molecule has 7 heteroatoms. The average Bonchev–Trinajstić information content (AvgIpc) is 2.61. The largest absolute Gasteiger partial charge is 0.502 e. The van der Waals surface area contributed by atoms with Crippen LogP contribution in [0.1, 0.15) is 15.9 Å². The van der Waals surface area contributed by atoms with E-state index in [1.54, 1.807) is 12.1 Å². The van der Waals surface area contributed by atoms with E-state index in [2.05, 4.69) is 5.32 Å². The number of para-hydroxylation sites is 1. The minimum Gasteiger partial charge on any atom is -0.502 e. The van der Waals surface area contributed by atoms with E-state index < -0.39 is 11.9 Å². The van der Waals surface area contributed by atoms with Crippen molar-refractivity contribution in [3.8, 4) is 17.2 Å². The van der Waals surface area contributed by atoms with Gasteiger partial charge in [0.1, 0.15) is 0 Å². The molecule has 0 spiro atoms. The second-order valence-corrected chi connectivity index (χ2v) is 4.95. The Bertz CT molecular complexity index is 803. The Balaban J connectivity index is 2.20. The van der Waals surface area contributed by atoms with Crippen LogP contribution < -0.4 is 14.8 Å². The van der Waals surface area contributed by atoms with Crippen molar-refractivity contribution >= 4 is 23.6 Å². The van der Waals surface area contributed by atoms with E-state index in [4.69, 9.17) is 14.6 Å². The number of aromatic carboxylic acids is 1. The van der Waals surface area contributed by atoms with Gasteiger partial charge in [0.2, 0.25) is 11.7 Å². The van der Waals surface area contributed by atoms with Gasteiger partial charge in [-0.15, -0.1) is 0 Å². The maximum Gasteiger partial charge on any atom is 0.337 e. The second kappa shape index (κ2) is 7.87. The van der Waals surface area contributed by atoms with E-state index in [1.807, 2.05) is 0 Å². The third kappa shape index (κ3) is 4.29. The average molecular weight is 343 g/mol. The fourth-order valence-electron chi connectivity index (χ4n) is 2.13. The Morgan fingerprint density at radius 1 is 1.08 bits per heavy atom. The van der Waals surface area contributed by atoms with Crippen LogP contribution in [0.15, 0.2) is 42.5 Å². The lowest BCUT2D eigenvalue weighted by Gasteiger charge is -2.09. The molecule has 130 valence electrons. The minimum atomic E-state index is -1.13. The van der Waals surface area contributed by atoms with Crippen LogP contribution in [0.5, 0.6) is 17.2 Å². The Kier molecular flexibility index (Phi) is 5.62. The Morgan fingerprint density at radius 3 is 2.24 bits per heavy atom. The number of anilines is 1. The van der Waals surface area contributed by atoms with Crippen molar-refractivity contribution in [1.82, 2.24) is 0 Å². The highest BCUT2D eigenvalue weighted by atomic mass is 16.5. The van der Waals surface area contributed by atoms with Crippen molar-refractivity contribution < 1.29 is 29.3 Å². The first-order chi connectivity index (χ1) is 12.0. The zero-order valence-corrected chi connectivity index (χ0v) is 13.6. The lowest BCUT2D eigenvalue weighted by molar-refractivity contribution is -0.111. The number of benzene rings is 2. The molecule has 2 aromatic carbocycles. The smallest absolute Gasteiger partial charge is 0.337 e. The monoisotopic (exact) mass is 343 g/mol. The molecule has 0 aromatic heterocycles. The van der Waals surface area contributed by atoms with Gasteiger partial charge in [0.05, 0.1) is 25.5 Å². The quantitative estimate of drug-likeness (QED) is 0.697. The number of amides is 1. The number of ether oxygens (including phenoxy) is 2. The summed E-state index contributed by atoms with van der Waals surface area (Å²) in [6.07, 6.45) is 2.73. The van der Waals surface area contributed by atoms with Crippen molar-refractivity contribution in [2.24, 2.45) is 0 Å². The van der Waals surface area contributed by atoms with Gasteiger partial charge in [-0.1, -0.05) is 12.1 Å². The summed E-state index contributed by atoms with van der Waals surface area (Å²) in [6, 6.07) is 9.17. The molecule has 3 N–H and O–H groups in total. The summed E-state index contributed by atoms with van der Waals surface area (Å²) >= 11 is 0. The Labute approximate surface area is 144 Å². The molecule has 0 unspecified atom stereocenters. The lowest BCUT2D eigenvalue weighted by atomic mass is 10.1. The number of carboxylic acids is 1. The number of carbonyl (C=O) groups excluding carboxylic acids is 1. The van der Waals surface area contributed by atoms with Gasteiger partial charge in [-0.2, -0.15) is 0 Å². The van der Waals surface area contributed by atoms with Crippen LogP contribution in [0.3, 0.4) is 0 Å². The van der Waals surface area contributed by atoms with Gasteiger partial charge < -0.3 is 25.0 Å². The van der Waals surface area contributed by atoms with E-state index in [9.17, 15) is 14.7 Å². The molecular weight excluding hydrogens is 326 g/mol. The molecule has 7 nitrogen and oxygen atoms in total. The summed E-state index contributed by atoms with van der Waals surface area (Å²) in [5.74, 6) is -1.36. The first kappa shape index (κ1) is 17.9. The highest BCUT2D eigenvalue weighted by Crippen LogP contribution is 2.37. The van der Waals surface area contributed by atoms with Gasteiger partial charge in [0, 0.05) is 6.08 Å². The normalized spacial score (nSPS) is 10.5. The number of phenolic OH excluding ortho intramolecular Hbond substituents is 1. The van der Waals surface area contributed by atoms with Gasteiger partial charge in [-0.25, -0.2) is 4.79 Å². The highest BCUT2D eigenvalue weighted by Gasteiger charge is 2.12. The fourth-order valence-corrected chi connectivity index (χ4v) is 2.13. The molecule has 0 atom stereocenters. The zero-order chi connectivity index (χ0) is 18.4. The number of nitrogens with one attached hydrogen (secondary N) is 1. The van der Waals surface area contributed by atoms with Crippen LogP contribution in [-0.2, 0) is 4.79 Å². The number of rotatable bonds is 6. The number of phenols is 1. The molecule has 0 bridgehead atoms. The molecule has 25 heavy (non-hydrogen) atoms. The van der Waals surface area contributed by atoms with Crippen LogP contribution in [0, 0.1) is 0 Å². The molecule has 0 saturated carbocycles. The van der Waals surface area contributed by atoms with Crippen LogP contribution in [0.25, 0.3) is 6.08 Å². The molecule has 0 radical (unpaired) electrons. The number of carbonyl (C=O) groups is 2. The molecule has 0 fully saturated rings. The summed E-state index contributed by atoms with van der Waals surface area (Å²) < 4.78 is 10.1. The summed E-state index contributed by atoms with van der Waals surface area (Å²) in [5, 5.41) is 21.5. The van der Waals surface area contributed by atoms with Crippen molar-refractivity contribution in [1.29, 1.82) is 0 Å². The van der Waals surface area contributed by atoms with E-state index in [1.165, 1.54) is 50.6 Å². The van der Waals surface area contributed by atoms with Crippen molar-refractivity contribution in [3.05, 3.63) is 53.6 Å². The van der Waals surface area contributed by atoms with Gasteiger partial charge in [0.15, 0.2) is 11.5 Å². The summed E-state index contributed by atoms with van der Waals surface area (Å²) in [4.78, 5) is 23.2. The summed E-state index contributed by atoms with van der Waals surface area (Å²) in [6.45, 7) is 0. The van der Waals surface area contributed by atoms with Crippen molar-refractivity contribution in [2.45, 2.75) is 0 Å². The predicted octanol–water partition coefficient (Wildman–Crippen LogP) is 2.76. The van der Waals surface area contributed by atoms with Gasteiger partial charge in [0.25, 0.3) is 0 Å². The SMILES string of the molecule is COc1cc(/C=C/C(=O)Nc2ccccc2C(=O)O)cc(OC)c1O. The van der Waals surface area contributed by atoms with Crippen molar-refractivity contribution in [2.75, 3.05) is 19.5 Å². The minimum absolute atomic E-state index is 0.00257. The van der Waals surface area contributed by atoms with E-state index in [0.29, 0.717) is 5.56 Å². The highest BCUT2D eigenvalue weighted by molar-refractivity contribution is 6.06. The van der Waals surface area contributed by atoms with Crippen LogP contribution in [-0.4, -0.2) is 36.3 Å². The van der Waals surface area contributed by atoms with Crippen molar-refractivity contribution in [3.63, 3.8) is 0 Å². The van der Waals surface area contributed by atoms with Crippen LogP contribution in [0.4, 0.5) is 5.69 Å². The number of methoxy groups -OCH3 is 2. The van der Waals surface area contributed by atoms with Gasteiger partial charge in [-0.3, -0.25) is 4.79 Å². The predicted molar refractivity (Wildman–Crippen MR) is 92.3 cm³/mol. The fraction of sp³-hybridized carbons (Fsp3) is 0.111. The van der Waals surface area contributed by atoms with E-state index >= 15 is 0 Å².